The van der Waals surface area contributed by atoms with Gasteiger partial charge in [-0.15, -0.1) is 0 Å². The number of hydrogen-bond acceptors (Lipinski definition) is 4. The van der Waals surface area contributed by atoms with Crippen molar-refractivity contribution in [1.82, 2.24) is 20.3 Å². The molecular weight excluding hydrogens is 244 g/mol. The number of nitrogens with zero attached hydrogens (tertiary/aromatic N) is 3. The van der Waals surface area contributed by atoms with E-state index >= 15 is 0 Å². The lowest BCUT2D eigenvalue weighted by Crippen LogP contribution is -2.31. The van der Waals surface area contributed by atoms with E-state index in [0.717, 1.165) is 5.75 Å². The Hall–Kier alpha value is -2.37. The minimum Gasteiger partial charge on any atom is -0.492 e. The average Bonchev–Trinajstić information content (AvgIpc) is 2.94. The molecule has 1 aromatic carbocycles. The zero-order chi connectivity index (χ0) is 13.7. The van der Waals surface area contributed by atoms with Crippen LogP contribution in [-0.2, 0) is 0 Å². The maximum absolute atomic E-state index is 11.8. The summed E-state index contributed by atoms with van der Waals surface area (Å²) in [6.07, 6.45) is 1.40. The minimum absolute atomic E-state index is 0.179. The summed E-state index contributed by atoms with van der Waals surface area (Å²) in [5.41, 5.74) is 1.49. The van der Waals surface area contributed by atoms with E-state index in [4.69, 9.17) is 4.74 Å². The molecule has 2 rings (SSSR count). The van der Waals surface area contributed by atoms with Gasteiger partial charge < -0.3 is 9.64 Å². The zero-order valence-corrected chi connectivity index (χ0v) is 11.0. The summed E-state index contributed by atoms with van der Waals surface area (Å²) in [7, 11) is 1.70. The van der Waals surface area contributed by atoms with E-state index in [1.54, 1.807) is 11.9 Å². The van der Waals surface area contributed by atoms with Crippen LogP contribution in [0.3, 0.4) is 0 Å². The minimum atomic E-state index is -0.179. The number of aromatic amines is 1. The van der Waals surface area contributed by atoms with Gasteiger partial charge in [-0.25, -0.2) is 0 Å². The molecule has 0 fully saturated rings. The van der Waals surface area contributed by atoms with Crippen LogP contribution < -0.4 is 4.74 Å². The van der Waals surface area contributed by atoms with E-state index < -0.39 is 0 Å². The second kappa shape index (κ2) is 5.99. The highest BCUT2D eigenvalue weighted by Gasteiger charge is 2.13. The number of aryl methyl sites for hydroxylation is 1. The lowest BCUT2D eigenvalue weighted by atomic mass is 10.2. The summed E-state index contributed by atoms with van der Waals surface area (Å²) in [6.45, 7) is 2.94. The highest BCUT2D eigenvalue weighted by Crippen LogP contribution is 2.11. The Morgan fingerprint density at radius 1 is 1.37 bits per heavy atom. The average molecular weight is 260 g/mol. The molecule has 19 heavy (non-hydrogen) atoms. The first-order valence-electron chi connectivity index (χ1n) is 5.97. The number of likely N-dealkylation sites (N-methyl/N-ethyl adjacent to an activating group) is 1. The molecule has 0 aliphatic rings. The van der Waals surface area contributed by atoms with Gasteiger partial charge in [-0.3, -0.25) is 4.79 Å². The molecule has 0 spiro atoms. The molecule has 2 aromatic rings. The van der Waals surface area contributed by atoms with Crippen LogP contribution in [0.2, 0.25) is 0 Å². The van der Waals surface area contributed by atoms with Crippen LogP contribution in [0.1, 0.15) is 16.1 Å². The van der Waals surface area contributed by atoms with Gasteiger partial charge in [-0.2, -0.15) is 15.4 Å². The van der Waals surface area contributed by atoms with Crippen molar-refractivity contribution in [3.63, 3.8) is 0 Å². The summed E-state index contributed by atoms with van der Waals surface area (Å²) in [6, 6.07) is 7.79. The Balaban J connectivity index is 1.79. The number of amides is 1. The van der Waals surface area contributed by atoms with Gasteiger partial charge in [0.2, 0.25) is 0 Å². The second-order valence-electron chi connectivity index (χ2n) is 4.24. The molecule has 6 nitrogen and oxygen atoms in total. The quantitative estimate of drug-likeness (QED) is 0.878. The van der Waals surface area contributed by atoms with E-state index in [1.807, 2.05) is 31.2 Å². The number of aromatic nitrogens is 3. The van der Waals surface area contributed by atoms with Gasteiger partial charge >= 0.3 is 0 Å². The Labute approximate surface area is 111 Å². The van der Waals surface area contributed by atoms with Gasteiger partial charge in [-0.1, -0.05) is 17.7 Å². The van der Waals surface area contributed by atoms with Crippen LogP contribution >= 0.6 is 0 Å². The molecule has 0 unspecified atom stereocenters. The molecular formula is C13H16N4O2. The summed E-state index contributed by atoms with van der Waals surface area (Å²) in [5.74, 6) is 0.620. The van der Waals surface area contributed by atoms with Gasteiger partial charge in [0.15, 0.2) is 5.69 Å². The predicted octanol–water partition coefficient (Wildman–Crippen LogP) is 1.26. The van der Waals surface area contributed by atoms with E-state index in [-0.39, 0.29) is 5.91 Å². The SMILES string of the molecule is Cc1ccc(OCCN(C)C(=O)c2cn[nH]n2)cc1. The number of nitrogens with one attached hydrogen (secondary N) is 1. The maximum Gasteiger partial charge on any atom is 0.275 e. The molecule has 1 amide bonds. The third-order valence-corrected chi connectivity index (χ3v) is 2.70. The molecule has 100 valence electrons. The Bertz CT molecular complexity index is 522. The highest BCUT2D eigenvalue weighted by atomic mass is 16.5. The third kappa shape index (κ3) is 3.54. The van der Waals surface area contributed by atoms with E-state index in [9.17, 15) is 4.79 Å². The molecule has 0 bridgehead atoms. The standard InChI is InChI=1S/C13H16N4O2/c1-10-3-5-11(6-4-10)19-8-7-17(2)13(18)12-9-14-16-15-12/h3-6,9H,7-8H2,1-2H3,(H,14,15,16). The molecule has 1 N–H and O–H groups in total. The summed E-state index contributed by atoms with van der Waals surface area (Å²) in [5, 5.41) is 9.77. The molecule has 6 heteroatoms. The molecule has 0 saturated heterocycles. The number of rotatable bonds is 5. The van der Waals surface area contributed by atoms with Crippen LogP contribution in [-0.4, -0.2) is 46.4 Å². The van der Waals surface area contributed by atoms with Crippen LogP contribution in [0, 0.1) is 6.92 Å². The molecule has 1 heterocycles. The summed E-state index contributed by atoms with van der Waals surface area (Å²) < 4.78 is 5.56. The normalized spacial score (nSPS) is 10.2. The molecule has 0 aliphatic carbocycles. The lowest BCUT2D eigenvalue weighted by Gasteiger charge is -2.16. The van der Waals surface area contributed by atoms with Crippen molar-refractivity contribution in [3.05, 3.63) is 41.7 Å². The fourth-order valence-corrected chi connectivity index (χ4v) is 1.54. The highest BCUT2D eigenvalue weighted by molar-refractivity contribution is 5.91. The van der Waals surface area contributed by atoms with Crippen LogP contribution in [0.15, 0.2) is 30.5 Å². The zero-order valence-electron chi connectivity index (χ0n) is 11.0. The molecule has 0 saturated carbocycles. The number of H-pyrrole nitrogens is 1. The number of ether oxygens (including phenoxy) is 1. The first kappa shape index (κ1) is 13.1. The predicted molar refractivity (Wildman–Crippen MR) is 70.0 cm³/mol. The largest absolute Gasteiger partial charge is 0.492 e. The summed E-state index contributed by atoms with van der Waals surface area (Å²) in [4.78, 5) is 13.4. The lowest BCUT2D eigenvalue weighted by molar-refractivity contribution is 0.0768. The smallest absolute Gasteiger partial charge is 0.275 e. The molecule has 1 aromatic heterocycles. The Kier molecular flexibility index (Phi) is 4.12. The second-order valence-corrected chi connectivity index (χ2v) is 4.24. The van der Waals surface area contributed by atoms with E-state index in [0.29, 0.717) is 18.8 Å². The fraction of sp³-hybridized carbons (Fsp3) is 0.308. The van der Waals surface area contributed by atoms with Crippen molar-refractivity contribution in [1.29, 1.82) is 0 Å². The summed E-state index contributed by atoms with van der Waals surface area (Å²) >= 11 is 0. The monoisotopic (exact) mass is 260 g/mol. The fourth-order valence-electron chi connectivity index (χ4n) is 1.54. The van der Waals surface area contributed by atoms with Gasteiger partial charge in [0.05, 0.1) is 12.7 Å². The van der Waals surface area contributed by atoms with E-state index in [2.05, 4.69) is 15.4 Å². The number of carbonyl (C=O) groups is 1. The molecule has 0 atom stereocenters. The number of hydrogen-bond donors (Lipinski definition) is 1. The van der Waals surface area contributed by atoms with E-state index in [1.165, 1.54) is 11.8 Å². The van der Waals surface area contributed by atoms with Crippen molar-refractivity contribution in [2.75, 3.05) is 20.2 Å². The van der Waals surface area contributed by atoms with Crippen molar-refractivity contribution in [2.45, 2.75) is 6.92 Å². The Morgan fingerprint density at radius 2 is 2.11 bits per heavy atom. The number of carbonyl (C=O) groups excluding carboxylic acids is 1. The van der Waals surface area contributed by atoms with Gasteiger partial charge in [0.1, 0.15) is 12.4 Å². The van der Waals surface area contributed by atoms with Crippen LogP contribution in [0.5, 0.6) is 5.75 Å². The van der Waals surface area contributed by atoms with Crippen molar-refractivity contribution < 1.29 is 9.53 Å². The Morgan fingerprint density at radius 3 is 2.74 bits per heavy atom. The van der Waals surface area contributed by atoms with Gasteiger partial charge in [0, 0.05) is 7.05 Å². The first-order valence-corrected chi connectivity index (χ1v) is 5.97. The van der Waals surface area contributed by atoms with Crippen LogP contribution in [0.4, 0.5) is 0 Å². The first-order chi connectivity index (χ1) is 9.16. The molecule has 0 aliphatic heterocycles. The van der Waals surface area contributed by atoms with Gasteiger partial charge in [-0.05, 0) is 19.1 Å². The maximum atomic E-state index is 11.8. The van der Waals surface area contributed by atoms with Crippen molar-refractivity contribution >= 4 is 5.91 Å². The van der Waals surface area contributed by atoms with Crippen LogP contribution in [0.25, 0.3) is 0 Å². The van der Waals surface area contributed by atoms with Crippen molar-refractivity contribution in [3.8, 4) is 5.75 Å². The van der Waals surface area contributed by atoms with Crippen molar-refractivity contribution in [2.24, 2.45) is 0 Å². The third-order valence-electron chi connectivity index (χ3n) is 2.70. The number of benzene rings is 1. The molecule has 0 radical (unpaired) electrons. The topological polar surface area (TPSA) is 71.1 Å². The van der Waals surface area contributed by atoms with Gasteiger partial charge in [0.25, 0.3) is 5.91 Å².